The Morgan fingerprint density at radius 3 is 2.62 bits per heavy atom. The van der Waals surface area contributed by atoms with E-state index in [1.807, 2.05) is 24.3 Å². The summed E-state index contributed by atoms with van der Waals surface area (Å²) in [6.45, 7) is 5.69. The van der Waals surface area contributed by atoms with Crippen LogP contribution in [0.4, 0.5) is 0 Å². The van der Waals surface area contributed by atoms with Gasteiger partial charge in [0.1, 0.15) is 6.61 Å². The molecule has 0 bridgehead atoms. The van der Waals surface area contributed by atoms with Gasteiger partial charge >= 0.3 is 0 Å². The third-order valence-electron chi connectivity index (χ3n) is 4.64. The van der Waals surface area contributed by atoms with Crippen molar-refractivity contribution in [3.63, 3.8) is 0 Å². The standard InChI is InChI=1S/C22H28BrNO2/c1-16(2)8-11-20-19(23)14-21(26-15-18-6-4-3-5-7-18)22(24-20)25-13-12-17-9-10-17/h3-7,14,16-17H,8-13,15H2,1-2H3. The largest absolute Gasteiger partial charge is 0.483 e. The quantitative estimate of drug-likeness (QED) is 0.461. The van der Waals surface area contributed by atoms with Crippen LogP contribution in [-0.2, 0) is 13.0 Å². The highest BCUT2D eigenvalue weighted by atomic mass is 79.9. The van der Waals surface area contributed by atoms with E-state index in [1.54, 1.807) is 0 Å². The van der Waals surface area contributed by atoms with Gasteiger partial charge in [0, 0.05) is 10.5 Å². The van der Waals surface area contributed by atoms with Gasteiger partial charge in [-0.2, -0.15) is 0 Å². The van der Waals surface area contributed by atoms with E-state index in [0.29, 0.717) is 30.8 Å². The number of ether oxygens (including phenoxy) is 2. The molecular formula is C22H28BrNO2. The molecule has 1 fully saturated rings. The molecule has 3 nitrogen and oxygen atoms in total. The molecule has 1 aromatic heterocycles. The maximum absolute atomic E-state index is 6.04. The summed E-state index contributed by atoms with van der Waals surface area (Å²) in [5, 5.41) is 0. The zero-order valence-corrected chi connectivity index (χ0v) is 17.3. The molecular weight excluding hydrogens is 390 g/mol. The van der Waals surface area contributed by atoms with Gasteiger partial charge in [0.05, 0.1) is 12.3 Å². The van der Waals surface area contributed by atoms with E-state index in [9.17, 15) is 0 Å². The molecule has 26 heavy (non-hydrogen) atoms. The third-order valence-corrected chi connectivity index (χ3v) is 5.32. The number of nitrogens with zero attached hydrogens (tertiary/aromatic N) is 1. The van der Waals surface area contributed by atoms with Crippen molar-refractivity contribution in [3.8, 4) is 11.6 Å². The number of hydrogen-bond donors (Lipinski definition) is 0. The Bertz CT molecular complexity index is 699. The molecule has 1 aliphatic rings. The first-order valence-electron chi connectivity index (χ1n) is 9.60. The van der Waals surface area contributed by atoms with E-state index < -0.39 is 0 Å². The molecule has 0 radical (unpaired) electrons. The summed E-state index contributed by atoms with van der Waals surface area (Å²) in [7, 11) is 0. The summed E-state index contributed by atoms with van der Waals surface area (Å²) < 4.78 is 13.1. The second-order valence-electron chi connectivity index (χ2n) is 7.51. The Balaban J connectivity index is 1.71. The maximum atomic E-state index is 6.04. The Morgan fingerprint density at radius 1 is 1.15 bits per heavy atom. The van der Waals surface area contributed by atoms with Gasteiger partial charge in [-0.15, -0.1) is 0 Å². The van der Waals surface area contributed by atoms with Gasteiger partial charge in [0.15, 0.2) is 5.75 Å². The molecule has 2 aromatic rings. The summed E-state index contributed by atoms with van der Waals surface area (Å²) >= 11 is 3.66. The van der Waals surface area contributed by atoms with Crippen LogP contribution in [0.25, 0.3) is 0 Å². The average molecular weight is 418 g/mol. The van der Waals surface area contributed by atoms with Crippen LogP contribution in [0.1, 0.15) is 50.8 Å². The summed E-state index contributed by atoms with van der Waals surface area (Å²) in [5.41, 5.74) is 2.18. The Hall–Kier alpha value is -1.55. The van der Waals surface area contributed by atoms with Crippen LogP contribution < -0.4 is 9.47 Å². The molecule has 0 N–H and O–H groups in total. The first-order chi connectivity index (χ1) is 12.6. The highest BCUT2D eigenvalue weighted by Crippen LogP contribution is 2.35. The first-order valence-corrected chi connectivity index (χ1v) is 10.4. The van der Waals surface area contributed by atoms with Crippen LogP contribution in [0, 0.1) is 11.8 Å². The van der Waals surface area contributed by atoms with Gasteiger partial charge in [0.2, 0.25) is 0 Å². The lowest BCUT2D eigenvalue weighted by molar-refractivity contribution is 0.246. The molecule has 0 atom stereocenters. The molecule has 0 saturated heterocycles. The fraction of sp³-hybridized carbons (Fsp3) is 0.500. The van der Waals surface area contributed by atoms with Crippen LogP contribution in [0.15, 0.2) is 40.9 Å². The molecule has 0 spiro atoms. The SMILES string of the molecule is CC(C)CCc1nc(OCCC2CC2)c(OCc2ccccc2)cc1Br. The Labute approximate surface area is 165 Å². The van der Waals surface area contributed by atoms with Crippen LogP contribution in [0.3, 0.4) is 0 Å². The fourth-order valence-electron chi connectivity index (χ4n) is 2.76. The minimum absolute atomic E-state index is 0.513. The number of hydrogen-bond acceptors (Lipinski definition) is 3. The number of halogens is 1. The van der Waals surface area contributed by atoms with Crippen molar-refractivity contribution in [2.45, 2.75) is 52.6 Å². The molecule has 1 heterocycles. The number of aromatic nitrogens is 1. The first kappa shape index (κ1) is 19.2. The molecule has 140 valence electrons. The summed E-state index contributed by atoms with van der Waals surface area (Å²) in [6, 6.07) is 12.2. The predicted octanol–water partition coefficient (Wildman–Crippen LogP) is 6.19. The summed E-state index contributed by atoms with van der Waals surface area (Å²) in [4.78, 5) is 4.78. The lowest BCUT2D eigenvalue weighted by Gasteiger charge is -2.15. The fourth-order valence-corrected chi connectivity index (χ4v) is 3.26. The minimum Gasteiger partial charge on any atom is -0.483 e. The van der Waals surface area contributed by atoms with Crippen molar-refractivity contribution < 1.29 is 9.47 Å². The van der Waals surface area contributed by atoms with E-state index >= 15 is 0 Å². The second-order valence-corrected chi connectivity index (χ2v) is 8.36. The lowest BCUT2D eigenvalue weighted by Crippen LogP contribution is -2.06. The average Bonchev–Trinajstić information content (AvgIpc) is 3.45. The predicted molar refractivity (Wildman–Crippen MR) is 109 cm³/mol. The molecule has 1 aliphatic carbocycles. The van der Waals surface area contributed by atoms with E-state index in [1.165, 1.54) is 12.8 Å². The van der Waals surface area contributed by atoms with Crippen molar-refractivity contribution in [3.05, 3.63) is 52.1 Å². The van der Waals surface area contributed by atoms with Gasteiger partial charge in [-0.1, -0.05) is 57.0 Å². The summed E-state index contributed by atoms with van der Waals surface area (Å²) in [6.07, 6.45) is 5.84. The van der Waals surface area contributed by atoms with Crippen LogP contribution in [0.5, 0.6) is 11.6 Å². The molecule has 1 saturated carbocycles. The number of aryl methyl sites for hydroxylation is 1. The van der Waals surface area contributed by atoms with E-state index in [0.717, 1.165) is 40.9 Å². The van der Waals surface area contributed by atoms with Crippen molar-refractivity contribution in [2.75, 3.05) is 6.61 Å². The topological polar surface area (TPSA) is 31.4 Å². The van der Waals surface area contributed by atoms with Gasteiger partial charge in [-0.05, 0) is 52.6 Å². The third kappa shape index (κ3) is 6.01. The van der Waals surface area contributed by atoms with Gasteiger partial charge < -0.3 is 9.47 Å². The molecule has 1 aromatic carbocycles. The van der Waals surface area contributed by atoms with Crippen molar-refractivity contribution >= 4 is 15.9 Å². The van der Waals surface area contributed by atoms with Crippen LogP contribution >= 0.6 is 15.9 Å². The maximum Gasteiger partial charge on any atom is 0.257 e. The van der Waals surface area contributed by atoms with Gasteiger partial charge in [-0.3, -0.25) is 0 Å². The molecule has 0 unspecified atom stereocenters. The lowest BCUT2D eigenvalue weighted by atomic mass is 10.1. The Kier molecular flexibility index (Phi) is 6.95. The number of pyridine rings is 1. The Morgan fingerprint density at radius 2 is 1.92 bits per heavy atom. The smallest absolute Gasteiger partial charge is 0.257 e. The van der Waals surface area contributed by atoms with Crippen molar-refractivity contribution in [2.24, 2.45) is 11.8 Å². The van der Waals surface area contributed by atoms with Crippen LogP contribution in [0.2, 0.25) is 0 Å². The zero-order valence-electron chi connectivity index (χ0n) is 15.7. The monoisotopic (exact) mass is 417 g/mol. The number of rotatable bonds is 10. The van der Waals surface area contributed by atoms with Gasteiger partial charge in [0.25, 0.3) is 5.88 Å². The molecule has 3 rings (SSSR count). The summed E-state index contributed by atoms with van der Waals surface area (Å²) in [5.74, 6) is 2.84. The van der Waals surface area contributed by atoms with Gasteiger partial charge in [-0.25, -0.2) is 4.98 Å². The minimum atomic E-state index is 0.513. The molecule has 0 amide bonds. The highest BCUT2D eigenvalue weighted by Gasteiger charge is 2.21. The van der Waals surface area contributed by atoms with Crippen molar-refractivity contribution in [1.29, 1.82) is 0 Å². The van der Waals surface area contributed by atoms with E-state index in [2.05, 4.69) is 41.9 Å². The van der Waals surface area contributed by atoms with Crippen LogP contribution in [-0.4, -0.2) is 11.6 Å². The van der Waals surface area contributed by atoms with Crippen molar-refractivity contribution in [1.82, 2.24) is 4.98 Å². The van der Waals surface area contributed by atoms with E-state index in [4.69, 9.17) is 14.5 Å². The molecule has 4 heteroatoms. The van der Waals surface area contributed by atoms with E-state index in [-0.39, 0.29) is 0 Å². The zero-order chi connectivity index (χ0) is 18.4. The normalized spacial score (nSPS) is 13.8. The number of benzene rings is 1. The molecule has 0 aliphatic heterocycles. The second kappa shape index (κ2) is 9.40. The highest BCUT2D eigenvalue weighted by molar-refractivity contribution is 9.10.